The van der Waals surface area contributed by atoms with Crippen LogP contribution in [0.25, 0.3) is 11.3 Å². The quantitative estimate of drug-likeness (QED) is 0.318. The van der Waals surface area contributed by atoms with E-state index in [1.165, 1.54) is 11.3 Å². The number of guanidine groups is 1. The SMILES string of the molecule is CCNC(=NCc1ncc(-c2ccc(C)cc2)o1)N(C)Cc1cccn1C.I. The minimum atomic E-state index is 0. The second-order valence-corrected chi connectivity index (χ2v) is 6.62. The van der Waals surface area contributed by atoms with Crippen LogP contribution in [0, 0.1) is 6.92 Å². The monoisotopic (exact) mass is 493 g/mol. The smallest absolute Gasteiger partial charge is 0.216 e. The molecule has 0 aliphatic rings. The molecule has 0 atom stereocenters. The number of hydrogen-bond donors (Lipinski definition) is 1. The van der Waals surface area contributed by atoms with E-state index >= 15 is 0 Å². The van der Waals surface area contributed by atoms with Gasteiger partial charge in [-0.3, -0.25) is 0 Å². The van der Waals surface area contributed by atoms with Gasteiger partial charge in [-0.1, -0.05) is 29.8 Å². The average molecular weight is 493 g/mol. The average Bonchev–Trinajstić information content (AvgIpc) is 3.29. The van der Waals surface area contributed by atoms with Crippen molar-refractivity contribution in [3.8, 4) is 11.3 Å². The van der Waals surface area contributed by atoms with Gasteiger partial charge < -0.3 is 19.2 Å². The lowest BCUT2D eigenvalue weighted by Crippen LogP contribution is -2.38. The van der Waals surface area contributed by atoms with Crippen molar-refractivity contribution in [3.63, 3.8) is 0 Å². The first-order chi connectivity index (χ1) is 13.1. The summed E-state index contributed by atoms with van der Waals surface area (Å²) in [6.07, 6.45) is 3.81. The van der Waals surface area contributed by atoms with Crippen LogP contribution in [-0.2, 0) is 20.1 Å². The van der Waals surface area contributed by atoms with Gasteiger partial charge in [-0.05, 0) is 26.0 Å². The van der Waals surface area contributed by atoms with Gasteiger partial charge in [-0.15, -0.1) is 24.0 Å². The van der Waals surface area contributed by atoms with E-state index < -0.39 is 0 Å². The van der Waals surface area contributed by atoms with E-state index in [2.05, 4.69) is 56.8 Å². The fourth-order valence-corrected chi connectivity index (χ4v) is 2.83. The minimum Gasteiger partial charge on any atom is -0.439 e. The maximum Gasteiger partial charge on any atom is 0.216 e. The van der Waals surface area contributed by atoms with Gasteiger partial charge in [0.2, 0.25) is 5.89 Å². The zero-order chi connectivity index (χ0) is 19.2. The Balaban J connectivity index is 0.00000280. The van der Waals surface area contributed by atoms with Crippen LogP contribution in [0.4, 0.5) is 0 Å². The van der Waals surface area contributed by atoms with Gasteiger partial charge >= 0.3 is 0 Å². The van der Waals surface area contributed by atoms with Crippen LogP contribution in [0.5, 0.6) is 0 Å². The molecule has 0 unspecified atom stereocenters. The van der Waals surface area contributed by atoms with Crippen LogP contribution in [0.3, 0.4) is 0 Å². The van der Waals surface area contributed by atoms with Crippen LogP contribution in [-0.4, -0.2) is 34.0 Å². The number of nitrogens with one attached hydrogen (secondary N) is 1. The molecule has 3 rings (SSSR count). The molecule has 0 saturated carbocycles. The van der Waals surface area contributed by atoms with Gasteiger partial charge in [0.25, 0.3) is 0 Å². The lowest BCUT2D eigenvalue weighted by Gasteiger charge is -2.22. The summed E-state index contributed by atoms with van der Waals surface area (Å²) in [7, 11) is 4.08. The number of halogens is 1. The molecule has 0 aliphatic carbocycles. The van der Waals surface area contributed by atoms with Crippen LogP contribution >= 0.6 is 24.0 Å². The minimum absolute atomic E-state index is 0. The normalized spacial score (nSPS) is 11.2. The molecule has 0 radical (unpaired) electrons. The molecule has 0 spiro atoms. The second kappa shape index (κ2) is 10.3. The van der Waals surface area contributed by atoms with Crippen molar-refractivity contribution in [2.45, 2.75) is 26.9 Å². The molecule has 0 amide bonds. The third-order valence-corrected chi connectivity index (χ3v) is 4.40. The zero-order valence-electron chi connectivity index (χ0n) is 16.8. The molecule has 7 heteroatoms. The first kappa shape index (κ1) is 22.0. The summed E-state index contributed by atoms with van der Waals surface area (Å²) in [5.41, 5.74) is 3.47. The van der Waals surface area contributed by atoms with Crippen molar-refractivity contribution in [3.05, 3.63) is 65.9 Å². The highest BCUT2D eigenvalue weighted by Gasteiger charge is 2.10. The molecule has 150 valence electrons. The topological polar surface area (TPSA) is 58.6 Å². The fourth-order valence-electron chi connectivity index (χ4n) is 2.83. The number of rotatable bonds is 6. The highest BCUT2D eigenvalue weighted by molar-refractivity contribution is 14.0. The maximum atomic E-state index is 5.87. The molecule has 6 nitrogen and oxygen atoms in total. The lowest BCUT2D eigenvalue weighted by atomic mass is 10.1. The summed E-state index contributed by atoms with van der Waals surface area (Å²) >= 11 is 0. The Kier molecular flexibility index (Phi) is 8.10. The molecule has 2 aromatic heterocycles. The van der Waals surface area contributed by atoms with Gasteiger partial charge in [-0.25, -0.2) is 9.98 Å². The number of aliphatic imine (C=N–C) groups is 1. The predicted molar refractivity (Wildman–Crippen MR) is 124 cm³/mol. The van der Waals surface area contributed by atoms with Gasteiger partial charge in [0.15, 0.2) is 11.7 Å². The predicted octanol–water partition coefficient (Wildman–Crippen LogP) is 4.20. The van der Waals surface area contributed by atoms with E-state index in [4.69, 9.17) is 4.42 Å². The first-order valence-corrected chi connectivity index (χ1v) is 9.18. The molecule has 0 aliphatic heterocycles. The molecule has 0 bridgehead atoms. The van der Waals surface area contributed by atoms with E-state index in [-0.39, 0.29) is 24.0 Å². The first-order valence-electron chi connectivity index (χ1n) is 9.18. The number of benzene rings is 1. The third-order valence-electron chi connectivity index (χ3n) is 4.40. The summed E-state index contributed by atoms with van der Waals surface area (Å²) in [5, 5.41) is 3.33. The van der Waals surface area contributed by atoms with Crippen molar-refractivity contribution in [1.29, 1.82) is 0 Å². The molecule has 1 aromatic carbocycles. The zero-order valence-corrected chi connectivity index (χ0v) is 19.2. The second-order valence-electron chi connectivity index (χ2n) is 6.62. The van der Waals surface area contributed by atoms with Crippen LogP contribution in [0.2, 0.25) is 0 Å². The number of aryl methyl sites for hydroxylation is 2. The van der Waals surface area contributed by atoms with E-state index in [1.54, 1.807) is 6.20 Å². The van der Waals surface area contributed by atoms with Gasteiger partial charge in [0.1, 0.15) is 6.54 Å². The number of aromatic nitrogens is 2. The molecule has 1 N–H and O–H groups in total. The van der Waals surface area contributed by atoms with Crippen molar-refractivity contribution in [2.75, 3.05) is 13.6 Å². The van der Waals surface area contributed by atoms with E-state index in [0.717, 1.165) is 30.4 Å². The molecule has 3 aromatic rings. The Morgan fingerprint density at radius 2 is 2.00 bits per heavy atom. The Bertz CT molecular complexity index is 898. The summed E-state index contributed by atoms with van der Waals surface area (Å²) in [6.45, 7) is 6.10. The Hall–Kier alpha value is -2.29. The fraction of sp³-hybridized carbons (Fsp3) is 0.333. The highest BCUT2D eigenvalue weighted by atomic mass is 127. The van der Waals surface area contributed by atoms with Crippen molar-refractivity contribution in [2.24, 2.45) is 12.0 Å². The summed E-state index contributed by atoms with van der Waals surface area (Å²) in [6, 6.07) is 12.4. The van der Waals surface area contributed by atoms with Crippen LogP contribution < -0.4 is 5.32 Å². The van der Waals surface area contributed by atoms with Gasteiger partial charge in [-0.2, -0.15) is 0 Å². The molecule has 28 heavy (non-hydrogen) atoms. The lowest BCUT2D eigenvalue weighted by molar-refractivity contribution is 0.456. The van der Waals surface area contributed by atoms with Crippen LogP contribution in [0.1, 0.15) is 24.1 Å². The standard InChI is InChI=1S/C21H27N5O.HI/c1-5-22-21(26(4)15-18-7-6-12-25(18)3)24-14-20-23-13-19(27-20)17-10-8-16(2)9-11-17;/h6-13H,5,14-15H2,1-4H3,(H,22,24);1H. The van der Waals surface area contributed by atoms with Crippen LogP contribution in [0.15, 0.2) is 58.2 Å². The molecular formula is C21H28IN5O. The van der Waals surface area contributed by atoms with E-state index in [9.17, 15) is 0 Å². The Morgan fingerprint density at radius 1 is 1.25 bits per heavy atom. The third kappa shape index (κ3) is 5.60. The highest BCUT2D eigenvalue weighted by Crippen LogP contribution is 2.21. The summed E-state index contributed by atoms with van der Waals surface area (Å²) < 4.78 is 7.99. The largest absolute Gasteiger partial charge is 0.439 e. The number of hydrogen-bond acceptors (Lipinski definition) is 3. The van der Waals surface area contributed by atoms with Crippen molar-refractivity contribution in [1.82, 2.24) is 19.8 Å². The molecular weight excluding hydrogens is 465 g/mol. The van der Waals surface area contributed by atoms with E-state index in [0.29, 0.717) is 12.4 Å². The maximum absolute atomic E-state index is 5.87. The number of oxazole rings is 1. The Labute approximate surface area is 183 Å². The summed E-state index contributed by atoms with van der Waals surface area (Å²) in [4.78, 5) is 11.2. The number of nitrogens with zero attached hydrogens (tertiary/aromatic N) is 4. The molecule has 0 saturated heterocycles. The van der Waals surface area contributed by atoms with Crippen molar-refractivity contribution < 1.29 is 4.42 Å². The van der Waals surface area contributed by atoms with E-state index in [1.807, 2.05) is 38.5 Å². The van der Waals surface area contributed by atoms with Gasteiger partial charge in [0.05, 0.1) is 12.7 Å². The molecule has 2 heterocycles. The Morgan fingerprint density at radius 3 is 2.64 bits per heavy atom. The molecule has 0 fully saturated rings. The van der Waals surface area contributed by atoms with Gasteiger partial charge in [0, 0.05) is 38.1 Å². The van der Waals surface area contributed by atoms with Crippen molar-refractivity contribution >= 4 is 29.9 Å². The summed E-state index contributed by atoms with van der Waals surface area (Å²) in [5.74, 6) is 2.20.